The van der Waals surface area contributed by atoms with E-state index in [-0.39, 0.29) is 0 Å². The zero-order valence-electron chi connectivity index (χ0n) is 5.90. The van der Waals surface area contributed by atoms with Crippen LogP contribution in [0.1, 0.15) is 0 Å². The van der Waals surface area contributed by atoms with Crippen molar-refractivity contribution in [3.8, 4) is 0 Å². The van der Waals surface area contributed by atoms with Gasteiger partial charge in [-0.1, -0.05) is 5.18 Å². The summed E-state index contributed by atoms with van der Waals surface area (Å²) in [6.07, 6.45) is 5.74. The van der Waals surface area contributed by atoms with Crippen LogP contribution in [-0.2, 0) is 13.6 Å². The third-order valence-corrected chi connectivity index (χ3v) is 1.27. The van der Waals surface area contributed by atoms with E-state index in [4.69, 9.17) is 0 Å². The smallest absolute Gasteiger partial charge is 0.240 e. The van der Waals surface area contributed by atoms with Gasteiger partial charge in [0.1, 0.15) is 25.5 Å². The van der Waals surface area contributed by atoms with Crippen LogP contribution < -0.4 is 4.57 Å². The fourth-order valence-electron chi connectivity index (χ4n) is 0.790. The van der Waals surface area contributed by atoms with Gasteiger partial charge < -0.3 is 0 Å². The standard InChI is InChI=1S/C6H10N3O/c1-8-4-5-9(6-8)3-2-7-10/h4-6H,2-3H2,1H3/q+1. The lowest BCUT2D eigenvalue weighted by atomic mass is 10.6. The monoisotopic (exact) mass is 140 g/mol. The third kappa shape index (κ3) is 1.65. The van der Waals surface area contributed by atoms with Crippen molar-refractivity contribution in [1.29, 1.82) is 0 Å². The van der Waals surface area contributed by atoms with Gasteiger partial charge in [-0.3, -0.25) is 0 Å². The second-order valence-corrected chi connectivity index (χ2v) is 2.17. The molecule has 0 saturated heterocycles. The number of rotatable bonds is 3. The number of nitroso groups, excluding NO2 is 1. The molecule has 1 aromatic heterocycles. The molecular formula is C6H10N3O+. The van der Waals surface area contributed by atoms with Crippen molar-refractivity contribution in [2.24, 2.45) is 12.2 Å². The highest BCUT2D eigenvalue weighted by Crippen LogP contribution is 1.76. The molecule has 4 heteroatoms. The van der Waals surface area contributed by atoms with E-state index in [1.54, 1.807) is 0 Å². The zero-order chi connectivity index (χ0) is 7.40. The summed E-state index contributed by atoms with van der Waals surface area (Å²) in [5.41, 5.74) is 0. The molecule has 0 aromatic carbocycles. The lowest BCUT2D eigenvalue weighted by Crippen LogP contribution is -2.32. The molecule has 0 aliphatic rings. The minimum absolute atomic E-state index is 0.342. The maximum Gasteiger partial charge on any atom is 0.243 e. The average Bonchev–Trinajstić information content (AvgIpc) is 2.31. The number of nitrogens with zero attached hydrogens (tertiary/aromatic N) is 3. The number of aromatic nitrogens is 2. The molecule has 1 aromatic rings. The summed E-state index contributed by atoms with van der Waals surface area (Å²) < 4.78 is 3.84. The number of imidazole rings is 1. The van der Waals surface area contributed by atoms with Gasteiger partial charge in [-0.15, -0.1) is 0 Å². The van der Waals surface area contributed by atoms with Gasteiger partial charge in [0.25, 0.3) is 0 Å². The maximum atomic E-state index is 9.71. The normalized spacial score (nSPS) is 9.70. The summed E-state index contributed by atoms with van der Waals surface area (Å²) in [6.45, 7) is 1.01. The molecule has 0 radical (unpaired) electrons. The minimum atomic E-state index is 0.342. The van der Waals surface area contributed by atoms with Gasteiger partial charge in [0.15, 0.2) is 0 Å². The Kier molecular flexibility index (Phi) is 2.15. The first-order valence-electron chi connectivity index (χ1n) is 3.13. The van der Waals surface area contributed by atoms with Crippen LogP contribution in [-0.4, -0.2) is 11.1 Å². The Morgan fingerprint density at radius 2 is 2.50 bits per heavy atom. The predicted molar refractivity (Wildman–Crippen MR) is 36.3 cm³/mol. The summed E-state index contributed by atoms with van der Waals surface area (Å²) in [6, 6.07) is 0. The quantitative estimate of drug-likeness (QED) is 0.432. The van der Waals surface area contributed by atoms with Gasteiger partial charge in [-0.2, -0.15) is 4.91 Å². The van der Waals surface area contributed by atoms with Crippen LogP contribution in [0.3, 0.4) is 0 Å². The first kappa shape index (κ1) is 6.92. The minimum Gasteiger partial charge on any atom is -0.240 e. The van der Waals surface area contributed by atoms with Crippen LogP contribution in [0.2, 0.25) is 0 Å². The highest BCUT2D eigenvalue weighted by Gasteiger charge is 1.97. The number of hydrogen-bond donors (Lipinski definition) is 0. The summed E-state index contributed by atoms with van der Waals surface area (Å²) in [4.78, 5) is 9.71. The molecule has 0 N–H and O–H groups in total. The van der Waals surface area contributed by atoms with Crippen molar-refractivity contribution >= 4 is 0 Å². The van der Waals surface area contributed by atoms with E-state index in [2.05, 4.69) is 5.18 Å². The van der Waals surface area contributed by atoms with Gasteiger partial charge in [0.05, 0.1) is 7.05 Å². The topological polar surface area (TPSA) is 38.2 Å². The highest BCUT2D eigenvalue weighted by atomic mass is 16.3. The first-order chi connectivity index (χ1) is 4.83. The van der Waals surface area contributed by atoms with Crippen molar-refractivity contribution in [3.63, 3.8) is 0 Å². The Bertz CT molecular complexity index is 219. The SMILES string of the molecule is Cn1cc[n+](CCN=O)c1. The summed E-state index contributed by atoms with van der Waals surface area (Å²) in [5, 5.41) is 2.76. The van der Waals surface area contributed by atoms with Gasteiger partial charge in [-0.25, -0.2) is 9.13 Å². The largest absolute Gasteiger partial charge is 0.243 e. The van der Waals surface area contributed by atoms with Crippen molar-refractivity contribution in [1.82, 2.24) is 4.57 Å². The first-order valence-corrected chi connectivity index (χ1v) is 3.13. The van der Waals surface area contributed by atoms with Crippen LogP contribution in [0.4, 0.5) is 0 Å². The summed E-state index contributed by atoms with van der Waals surface area (Å²) >= 11 is 0. The lowest BCUT2D eigenvalue weighted by Gasteiger charge is -1.85. The molecular weight excluding hydrogens is 130 g/mol. The lowest BCUT2D eigenvalue weighted by molar-refractivity contribution is -0.693. The van der Waals surface area contributed by atoms with E-state index in [1.165, 1.54) is 0 Å². The maximum absolute atomic E-state index is 9.71. The molecule has 0 atom stereocenters. The molecule has 0 amide bonds. The van der Waals surface area contributed by atoms with Crippen LogP contribution in [0.15, 0.2) is 23.9 Å². The fourth-order valence-corrected chi connectivity index (χ4v) is 0.790. The Labute approximate surface area is 59.1 Å². The summed E-state index contributed by atoms with van der Waals surface area (Å²) in [7, 11) is 1.94. The van der Waals surface area contributed by atoms with Crippen LogP contribution in [0, 0.1) is 4.91 Å². The fraction of sp³-hybridized carbons (Fsp3) is 0.500. The Hall–Kier alpha value is -1.19. The number of aryl methyl sites for hydroxylation is 1. The van der Waals surface area contributed by atoms with Crippen molar-refractivity contribution in [2.75, 3.05) is 6.54 Å². The second kappa shape index (κ2) is 3.10. The molecule has 0 saturated carbocycles. The average molecular weight is 140 g/mol. The van der Waals surface area contributed by atoms with Gasteiger partial charge >= 0.3 is 0 Å². The van der Waals surface area contributed by atoms with E-state index < -0.39 is 0 Å². The van der Waals surface area contributed by atoms with E-state index in [0.717, 1.165) is 0 Å². The molecule has 0 spiro atoms. The van der Waals surface area contributed by atoms with Gasteiger partial charge in [0.2, 0.25) is 6.33 Å². The molecule has 1 rings (SSSR count). The molecule has 0 aliphatic carbocycles. The van der Waals surface area contributed by atoms with Crippen molar-refractivity contribution < 1.29 is 4.57 Å². The van der Waals surface area contributed by atoms with E-state index in [1.807, 2.05) is 34.9 Å². The van der Waals surface area contributed by atoms with E-state index >= 15 is 0 Å². The molecule has 0 bridgehead atoms. The number of hydrogen-bond acceptors (Lipinski definition) is 2. The highest BCUT2D eigenvalue weighted by molar-refractivity contribution is 4.61. The van der Waals surface area contributed by atoms with Crippen molar-refractivity contribution in [2.45, 2.75) is 6.54 Å². The van der Waals surface area contributed by atoms with Gasteiger partial charge in [-0.05, 0) is 0 Å². The summed E-state index contributed by atoms with van der Waals surface area (Å²) in [5.74, 6) is 0. The third-order valence-electron chi connectivity index (χ3n) is 1.27. The van der Waals surface area contributed by atoms with Crippen molar-refractivity contribution in [3.05, 3.63) is 23.6 Å². The van der Waals surface area contributed by atoms with Crippen LogP contribution >= 0.6 is 0 Å². The molecule has 0 unspecified atom stereocenters. The van der Waals surface area contributed by atoms with Crippen LogP contribution in [0.5, 0.6) is 0 Å². The molecule has 0 aliphatic heterocycles. The molecule has 54 valence electrons. The molecule has 1 heterocycles. The Balaban J connectivity index is 2.49. The Morgan fingerprint density at radius 1 is 1.70 bits per heavy atom. The molecule has 10 heavy (non-hydrogen) atoms. The second-order valence-electron chi connectivity index (χ2n) is 2.17. The van der Waals surface area contributed by atoms with Crippen LogP contribution in [0.25, 0.3) is 0 Å². The van der Waals surface area contributed by atoms with E-state index in [0.29, 0.717) is 13.1 Å². The zero-order valence-corrected chi connectivity index (χ0v) is 5.90. The molecule has 0 fully saturated rings. The van der Waals surface area contributed by atoms with E-state index in [9.17, 15) is 4.91 Å². The predicted octanol–water partition coefficient (Wildman–Crippen LogP) is 0.0790. The Morgan fingerprint density at radius 3 is 3.00 bits per heavy atom. The van der Waals surface area contributed by atoms with Gasteiger partial charge in [0, 0.05) is 0 Å². The molecule has 4 nitrogen and oxygen atoms in total.